The summed E-state index contributed by atoms with van der Waals surface area (Å²) in [5.41, 5.74) is 0.866. The molecule has 0 aliphatic carbocycles. The number of benzene rings is 2. The fraction of sp³-hybridized carbons (Fsp3) is 0.348. The summed E-state index contributed by atoms with van der Waals surface area (Å²) in [5.74, 6) is -1.67. The summed E-state index contributed by atoms with van der Waals surface area (Å²) in [6, 6.07) is 10.4. The van der Waals surface area contributed by atoms with Gasteiger partial charge in [0.25, 0.3) is 11.6 Å². The first kappa shape index (κ1) is 24.6. The van der Waals surface area contributed by atoms with Gasteiger partial charge >= 0.3 is 5.97 Å². The molecule has 180 valence electrons. The minimum absolute atomic E-state index is 0.0668. The zero-order valence-electron chi connectivity index (χ0n) is 18.7. The molecule has 0 unspecified atom stereocenters. The van der Waals surface area contributed by atoms with Gasteiger partial charge in [-0.1, -0.05) is 12.1 Å². The van der Waals surface area contributed by atoms with Gasteiger partial charge in [0.05, 0.1) is 17.0 Å². The topological polar surface area (TPSA) is 122 Å². The summed E-state index contributed by atoms with van der Waals surface area (Å²) in [7, 11) is 0. The molecule has 1 fully saturated rings. The molecule has 1 N–H and O–H groups in total. The highest BCUT2D eigenvalue weighted by atomic mass is 19.1. The van der Waals surface area contributed by atoms with Crippen molar-refractivity contribution in [3.8, 4) is 0 Å². The highest BCUT2D eigenvalue weighted by Crippen LogP contribution is 2.23. The van der Waals surface area contributed by atoms with E-state index in [9.17, 15) is 28.9 Å². The summed E-state index contributed by atoms with van der Waals surface area (Å²) < 4.78 is 19.4. The number of nitro benzene ring substituents is 1. The first-order chi connectivity index (χ1) is 16.3. The van der Waals surface area contributed by atoms with E-state index >= 15 is 0 Å². The van der Waals surface area contributed by atoms with E-state index in [-0.39, 0.29) is 30.3 Å². The number of nitrogens with one attached hydrogen (secondary N) is 1. The van der Waals surface area contributed by atoms with Crippen LogP contribution >= 0.6 is 0 Å². The van der Waals surface area contributed by atoms with Gasteiger partial charge < -0.3 is 19.9 Å². The van der Waals surface area contributed by atoms with Gasteiger partial charge in [-0.15, -0.1) is 0 Å². The number of nitro groups is 1. The van der Waals surface area contributed by atoms with E-state index in [1.165, 1.54) is 30.0 Å². The molecule has 3 rings (SSSR count). The van der Waals surface area contributed by atoms with Crippen LogP contribution in [0, 0.1) is 15.9 Å². The number of Topliss-reactive ketones (excluding diaryl/α,β-unsaturated/α-hetero) is 1. The molecule has 0 atom stereocenters. The lowest BCUT2D eigenvalue weighted by molar-refractivity contribution is -0.384. The van der Waals surface area contributed by atoms with Crippen molar-refractivity contribution in [1.29, 1.82) is 0 Å². The van der Waals surface area contributed by atoms with Crippen LogP contribution in [0.15, 0.2) is 42.5 Å². The van der Waals surface area contributed by atoms with E-state index in [4.69, 9.17) is 4.74 Å². The van der Waals surface area contributed by atoms with Crippen LogP contribution in [-0.2, 0) is 14.3 Å². The molecule has 0 radical (unpaired) electrons. The maximum absolute atomic E-state index is 14.4. The van der Waals surface area contributed by atoms with Crippen molar-refractivity contribution < 1.29 is 28.4 Å². The van der Waals surface area contributed by atoms with Gasteiger partial charge in [-0.25, -0.2) is 4.39 Å². The molecule has 1 heterocycles. The van der Waals surface area contributed by atoms with Gasteiger partial charge in [-0.05, 0) is 31.2 Å². The van der Waals surface area contributed by atoms with Crippen LogP contribution in [-0.4, -0.2) is 66.8 Å². The number of rotatable bonds is 9. The number of anilines is 2. The maximum atomic E-state index is 14.4. The largest absolute Gasteiger partial charge is 0.456 e. The molecule has 1 saturated heterocycles. The van der Waals surface area contributed by atoms with Crippen molar-refractivity contribution >= 4 is 34.7 Å². The second-order valence-electron chi connectivity index (χ2n) is 7.70. The van der Waals surface area contributed by atoms with Crippen LogP contribution in [0.3, 0.4) is 0 Å². The van der Waals surface area contributed by atoms with E-state index in [1.54, 1.807) is 29.2 Å². The number of para-hydroxylation sites is 2. The SMILES string of the molecule is CC(=O)c1ccc(N2CCN(C(=O)COC(=O)CCNc3ccccc3[N+](=O)[O-])CC2)c(F)c1. The van der Waals surface area contributed by atoms with E-state index in [2.05, 4.69) is 5.32 Å². The second kappa shape index (κ2) is 11.2. The van der Waals surface area contributed by atoms with Crippen LogP contribution in [0.25, 0.3) is 0 Å². The molecule has 0 bridgehead atoms. The lowest BCUT2D eigenvalue weighted by atomic mass is 10.1. The Morgan fingerprint density at radius 2 is 1.82 bits per heavy atom. The molecule has 0 saturated carbocycles. The number of carbonyl (C=O) groups is 3. The number of piperazine rings is 1. The third kappa shape index (κ3) is 6.27. The van der Waals surface area contributed by atoms with Crippen molar-refractivity contribution in [3.05, 3.63) is 64.0 Å². The number of amides is 1. The smallest absolute Gasteiger partial charge is 0.308 e. The number of carbonyl (C=O) groups excluding carboxylic acids is 3. The quantitative estimate of drug-likeness (QED) is 0.256. The molecule has 2 aromatic carbocycles. The van der Waals surface area contributed by atoms with Gasteiger partial charge in [-0.3, -0.25) is 24.5 Å². The molecule has 0 aromatic heterocycles. The highest BCUT2D eigenvalue weighted by Gasteiger charge is 2.24. The van der Waals surface area contributed by atoms with E-state index in [0.717, 1.165) is 0 Å². The van der Waals surface area contributed by atoms with Gasteiger partial charge in [0, 0.05) is 44.4 Å². The summed E-state index contributed by atoms with van der Waals surface area (Å²) in [6.45, 7) is 2.55. The predicted octanol–water partition coefficient (Wildman–Crippen LogP) is 2.63. The molecule has 1 aliphatic heterocycles. The number of hydrogen-bond donors (Lipinski definition) is 1. The van der Waals surface area contributed by atoms with Gasteiger partial charge in [-0.2, -0.15) is 0 Å². The first-order valence-electron chi connectivity index (χ1n) is 10.7. The van der Waals surface area contributed by atoms with Gasteiger partial charge in [0.1, 0.15) is 11.5 Å². The number of hydrogen-bond acceptors (Lipinski definition) is 8. The summed E-state index contributed by atoms with van der Waals surface area (Å²) in [6.07, 6.45) is -0.0668. The van der Waals surface area contributed by atoms with Crippen LogP contribution in [0.2, 0.25) is 0 Å². The summed E-state index contributed by atoms with van der Waals surface area (Å²) >= 11 is 0. The normalized spacial score (nSPS) is 13.4. The third-order valence-electron chi connectivity index (χ3n) is 5.43. The van der Waals surface area contributed by atoms with Crippen LogP contribution in [0.4, 0.5) is 21.5 Å². The van der Waals surface area contributed by atoms with Crippen molar-refractivity contribution in [3.63, 3.8) is 0 Å². The number of nitrogens with zero attached hydrogens (tertiary/aromatic N) is 3. The van der Waals surface area contributed by atoms with Crippen molar-refractivity contribution in [1.82, 2.24) is 4.90 Å². The Bertz CT molecular complexity index is 1080. The van der Waals surface area contributed by atoms with E-state index in [0.29, 0.717) is 43.1 Å². The van der Waals surface area contributed by atoms with Gasteiger partial charge in [0.15, 0.2) is 12.4 Å². The number of esters is 1. The zero-order valence-corrected chi connectivity index (χ0v) is 18.7. The number of ketones is 1. The summed E-state index contributed by atoms with van der Waals surface area (Å²) in [4.78, 5) is 49.5. The Balaban J connectivity index is 1.40. The molecule has 2 aromatic rings. The summed E-state index contributed by atoms with van der Waals surface area (Å²) in [5, 5.41) is 13.8. The van der Waals surface area contributed by atoms with Gasteiger partial charge in [0.2, 0.25) is 0 Å². The minimum atomic E-state index is -0.606. The standard InChI is InChI=1S/C23H25FN4O6/c1-16(29)17-6-7-20(18(24)14-17)26-10-12-27(13-11-26)22(30)15-34-23(31)8-9-25-19-4-2-3-5-21(19)28(32)33/h2-7,14,25H,8-13,15H2,1H3. The van der Waals surface area contributed by atoms with Crippen LogP contribution in [0.5, 0.6) is 0 Å². The van der Waals surface area contributed by atoms with E-state index in [1.807, 2.05) is 0 Å². The molecule has 11 heteroatoms. The molecule has 1 amide bonds. The molecule has 1 aliphatic rings. The van der Waals surface area contributed by atoms with Crippen LogP contribution < -0.4 is 10.2 Å². The first-order valence-corrected chi connectivity index (χ1v) is 10.7. The Kier molecular flexibility index (Phi) is 8.12. The molecular weight excluding hydrogens is 447 g/mol. The Hall–Kier alpha value is -4.02. The third-order valence-corrected chi connectivity index (χ3v) is 5.43. The van der Waals surface area contributed by atoms with Crippen molar-refractivity contribution in [2.45, 2.75) is 13.3 Å². The number of halogens is 1. The molecule has 0 spiro atoms. The minimum Gasteiger partial charge on any atom is -0.456 e. The Labute approximate surface area is 195 Å². The maximum Gasteiger partial charge on any atom is 0.308 e. The fourth-order valence-electron chi connectivity index (χ4n) is 3.57. The molecule has 34 heavy (non-hydrogen) atoms. The Morgan fingerprint density at radius 1 is 1.12 bits per heavy atom. The average Bonchev–Trinajstić information content (AvgIpc) is 2.82. The zero-order chi connectivity index (χ0) is 24.7. The second-order valence-corrected chi connectivity index (χ2v) is 7.70. The Morgan fingerprint density at radius 3 is 2.47 bits per heavy atom. The van der Waals surface area contributed by atoms with E-state index < -0.39 is 23.3 Å². The van der Waals surface area contributed by atoms with Crippen molar-refractivity contribution in [2.24, 2.45) is 0 Å². The average molecular weight is 472 g/mol. The molecular formula is C23H25FN4O6. The van der Waals surface area contributed by atoms with Crippen LogP contribution in [0.1, 0.15) is 23.7 Å². The van der Waals surface area contributed by atoms with Crippen molar-refractivity contribution in [2.75, 3.05) is 49.5 Å². The lowest BCUT2D eigenvalue weighted by Crippen LogP contribution is -2.50. The predicted molar refractivity (Wildman–Crippen MR) is 122 cm³/mol. The lowest BCUT2D eigenvalue weighted by Gasteiger charge is -2.36. The number of ether oxygens (including phenoxy) is 1. The fourth-order valence-corrected chi connectivity index (χ4v) is 3.57. The monoisotopic (exact) mass is 472 g/mol. The highest BCUT2D eigenvalue weighted by molar-refractivity contribution is 5.94. The molecule has 10 nitrogen and oxygen atoms in total.